The van der Waals surface area contributed by atoms with Gasteiger partial charge in [-0.15, -0.1) is 0 Å². The third-order valence-electron chi connectivity index (χ3n) is 3.34. The van der Waals surface area contributed by atoms with Crippen LogP contribution in [0.15, 0.2) is 22.7 Å². The molecule has 1 unspecified atom stereocenters. The molecule has 1 aliphatic rings. The van der Waals surface area contributed by atoms with E-state index in [4.69, 9.17) is 0 Å². The molecule has 1 amide bonds. The second kappa shape index (κ2) is 6.48. The Morgan fingerprint density at radius 1 is 1.58 bits per heavy atom. The SMILES string of the molecule is CC1CN(C(=O)CCc2cc(Br)ccc2F)CCN1. The lowest BCUT2D eigenvalue weighted by Crippen LogP contribution is -2.51. The van der Waals surface area contributed by atoms with E-state index in [2.05, 4.69) is 28.2 Å². The monoisotopic (exact) mass is 328 g/mol. The van der Waals surface area contributed by atoms with E-state index in [1.54, 1.807) is 12.1 Å². The molecule has 1 aromatic carbocycles. The maximum Gasteiger partial charge on any atom is 0.223 e. The molecule has 0 saturated carbocycles. The number of carbonyl (C=O) groups excluding carboxylic acids is 1. The van der Waals surface area contributed by atoms with Gasteiger partial charge in [0.25, 0.3) is 0 Å². The predicted molar refractivity (Wildman–Crippen MR) is 76.5 cm³/mol. The van der Waals surface area contributed by atoms with Gasteiger partial charge in [-0.2, -0.15) is 0 Å². The van der Waals surface area contributed by atoms with E-state index in [1.165, 1.54) is 6.07 Å². The number of rotatable bonds is 3. The van der Waals surface area contributed by atoms with Crippen molar-refractivity contribution in [1.82, 2.24) is 10.2 Å². The first kappa shape index (κ1) is 14.5. The van der Waals surface area contributed by atoms with Crippen molar-refractivity contribution in [2.24, 2.45) is 0 Å². The van der Waals surface area contributed by atoms with Gasteiger partial charge in [0.15, 0.2) is 0 Å². The first-order chi connectivity index (χ1) is 9.06. The second-order valence-corrected chi connectivity index (χ2v) is 5.85. The lowest BCUT2D eigenvalue weighted by atomic mass is 10.1. The molecule has 0 bridgehead atoms. The summed E-state index contributed by atoms with van der Waals surface area (Å²) < 4.78 is 14.4. The number of halogens is 2. The van der Waals surface area contributed by atoms with Crippen LogP contribution >= 0.6 is 15.9 Å². The third kappa shape index (κ3) is 4.01. The maximum atomic E-state index is 13.6. The van der Waals surface area contributed by atoms with Gasteiger partial charge in [0.05, 0.1) is 0 Å². The normalized spacial score (nSPS) is 19.5. The number of aryl methyl sites for hydroxylation is 1. The minimum Gasteiger partial charge on any atom is -0.340 e. The summed E-state index contributed by atoms with van der Waals surface area (Å²) in [6, 6.07) is 5.17. The highest BCUT2D eigenvalue weighted by atomic mass is 79.9. The van der Waals surface area contributed by atoms with Crippen molar-refractivity contribution in [3.05, 3.63) is 34.1 Å². The van der Waals surface area contributed by atoms with Crippen molar-refractivity contribution in [3.63, 3.8) is 0 Å². The summed E-state index contributed by atoms with van der Waals surface area (Å²) in [6.07, 6.45) is 0.808. The highest BCUT2D eigenvalue weighted by molar-refractivity contribution is 9.10. The summed E-state index contributed by atoms with van der Waals surface area (Å²) in [5.41, 5.74) is 0.589. The molecule has 0 aromatic heterocycles. The van der Waals surface area contributed by atoms with Crippen LogP contribution in [0.3, 0.4) is 0 Å². The topological polar surface area (TPSA) is 32.3 Å². The zero-order valence-corrected chi connectivity index (χ0v) is 12.5. The first-order valence-electron chi connectivity index (χ1n) is 6.51. The Kier molecular flexibility index (Phi) is 4.93. The standard InChI is InChI=1S/C14H18BrFN2O/c1-10-9-18(7-6-17-10)14(19)5-2-11-8-12(15)3-4-13(11)16/h3-4,8,10,17H,2,5-7,9H2,1H3. The second-order valence-electron chi connectivity index (χ2n) is 4.93. The molecule has 3 nitrogen and oxygen atoms in total. The Hall–Kier alpha value is -0.940. The summed E-state index contributed by atoms with van der Waals surface area (Å²) in [5.74, 6) is -0.141. The summed E-state index contributed by atoms with van der Waals surface area (Å²) >= 11 is 3.32. The van der Waals surface area contributed by atoms with Gasteiger partial charge in [-0.05, 0) is 37.1 Å². The van der Waals surface area contributed by atoms with Crippen LogP contribution < -0.4 is 5.32 Å². The molecule has 0 spiro atoms. The predicted octanol–water partition coefficient (Wildman–Crippen LogP) is 2.34. The van der Waals surface area contributed by atoms with Crippen LogP contribution in [0, 0.1) is 5.82 Å². The first-order valence-corrected chi connectivity index (χ1v) is 7.30. The van der Waals surface area contributed by atoms with Crippen molar-refractivity contribution < 1.29 is 9.18 Å². The van der Waals surface area contributed by atoms with Gasteiger partial charge in [0.2, 0.25) is 5.91 Å². The molecular weight excluding hydrogens is 311 g/mol. The molecule has 1 aromatic rings. The molecule has 19 heavy (non-hydrogen) atoms. The molecule has 2 rings (SSSR count). The molecular formula is C14H18BrFN2O. The molecule has 5 heteroatoms. The molecule has 104 valence electrons. The van der Waals surface area contributed by atoms with Crippen LogP contribution in [0.2, 0.25) is 0 Å². The van der Waals surface area contributed by atoms with Gasteiger partial charge in [-0.1, -0.05) is 15.9 Å². The number of amides is 1. The minimum atomic E-state index is -0.246. The molecule has 0 aliphatic carbocycles. The molecule has 1 saturated heterocycles. The Morgan fingerprint density at radius 2 is 2.37 bits per heavy atom. The van der Waals surface area contributed by atoms with Gasteiger partial charge in [0.1, 0.15) is 5.82 Å². The Morgan fingerprint density at radius 3 is 3.11 bits per heavy atom. The van der Waals surface area contributed by atoms with E-state index in [1.807, 2.05) is 4.90 Å². The average molecular weight is 329 g/mol. The number of benzene rings is 1. The smallest absolute Gasteiger partial charge is 0.223 e. The average Bonchev–Trinajstić information content (AvgIpc) is 2.39. The molecule has 1 aliphatic heterocycles. The highest BCUT2D eigenvalue weighted by Gasteiger charge is 2.20. The van der Waals surface area contributed by atoms with Crippen LogP contribution in [0.1, 0.15) is 18.9 Å². The fourth-order valence-corrected chi connectivity index (χ4v) is 2.70. The number of nitrogens with zero attached hydrogens (tertiary/aromatic N) is 1. The zero-order chi connectivity index (χ0) is 13.8. The lowest BCUT2D eigenvalue weighted by Gasteiger charge is -2.32. The number of carbonyl (C=O) groups is 1. The Labute approximate surface area is 121 Å². The lowest BCUT2D eigenvalue weighted by molar-refractivity contribution is -0.132. The van der Waals surface area contributed by atoms with Gasteiger partial charge in [0, 0.05) is 36.6 Å². The van der Waals surface area contributed by atoms with Crippen LogP contribution in [-0.2, 0) is 11.2 Å². The quantitative estimate of drug-likeness (QED) is 0.923. The summed E-state index contributed by atoms with van der Waals surface area (Å²) in [7, 11) is 0. The van der Waals surface area contributed by atoms with Crippen molar-refractivity contribution in [2.45, 2.75) is 25.8 Å². The van der Waals surface area contributed by atoms with Crippen molar-refractivity contribution in [1.29, 1.82) is 0 Å². The Bertz CT molecular complexity index is 467. The van der Waals surface area contributed by atoms with Crippen molar-refractivity contribution in [3.8, 4) is 0 Å². The van der Waals surface area contributed by atoms with Gasteiger partial charge >= 0.3 is 0 Å². The molecule has 0 radical (unpaired) electrons. The fourth-order valence-electron chi connectivity index (χ4n) is 2.29. The molecule has 1 heterocycles. The van der Waals surface area contributed by atoms with Crippen LogP contribution in [0.4, 0.5) is 4.39 Å². The minimum absolute atomic E-state index is 0.104. The van der Waals surface area contributed by atoms with Crippen LogP contribution in [0.25, 0.3) is 0 Å². The van der Waals surface area contributed by atoms with E-state index in [9.17, 15) is 9.18 Å². The van der Waals surface area contributed by atoms with E-state index in [0.29, 0.717) is 24.4 Å². The molecule has 1 fully saturated rings. The number of nitrogens with one attached hydrogen (secondary N) is 1. The van der Waals surface area contributed by atoms with Gasteiger partial charge < -0.3 is 10.2 Å². The zero-order valence-electron chi connectivity index (χ0n) is 11.0. The third-order valence-corrected chi connectivity index (χ3v) is 3.83. The van der Waals surface area contributed by atoms with Crippen molar-refractivity contribution in [2.75, 3.05) is 19.6 Å². The van der Waals surface area contributed by atoms with E-state index in [0.717, 1.165) is 24.1 Å². The van der Waals surface area contributed by atoms with Gasteiger partial charge in [-0.3, -0.25) is 4.79 Å². The van der Waals surface area contributed by atoms with Crippen LogP contribution in [-0.4, -0.2) is 36.5 Å². The molecule has 1 N–H and O–H groups in total. The van der Waals surface area contributed by atoms with Crippen molar-refractivity contribution >= 4 is 21.8 Å². The van der Waals surface area contributed by atoms with Crippen LogP contribution in [0.5, 0.6) is 0 Å². The Balaban J connectivity index is 1.91. The number of piperazine rings is 1. The van der Waals surface area contributed by atoms with Gasteiger partial charge in [-0.25, -0.2) is 4.39 Å². The van der Waals surface area contributed by atoms with E-state index < -0.39 is 0 Å². The number of hydrogen-bond donors (Lipinski definition) is 1. The van der Waals surface area contributed by atoms with E-state index >= 15 is 0 Å². The fraction of sp³-hybridized carbons (Fsp3) is 0.500. The largest absolute Gasteiger partial charge is 0.340 e. The summed E-state index contributed by atoms with van der Waals surface area (Å²) in [5, 5.41) is 3.30. The van der Waals surface area contributed by atoms with E-state index in [-0.39, 0.29) is 11.7 Å². The summed E-state index contributed by atoms with van der Waals surface area (Å²) in [6.45, 7) is 4.37. The number of hydrogen-bond acceptors (Lipinski definition) is 2. The highest BCUT2D eigenvalue weighted by Crippen LogP contribution is 2.17. The summed E-state index contributed by atoms with van der Waals surface area (Å²) in [4.78, 5) is 13.9. The molecule has 1 atom stereocenters. The maximum absolute atomic E-state index is 13.6.